The normalized spacial score (nSPS) is 15.2. The van der Waals surface area contributed by atoms with Crippen LogP contribution >= 0.6 is 12.4 Å². The van der Waals surface area contributed by atoms with Gasteiger partial charge in [0.2, 0.25) is 0 Å². The van der Waals surface area contributed by atoms with Crippen LogP contribution in [0.2, 0.25) is 0 Å². The van der Waals surface area contributed by atoms with Gasteiger partial charge in [0, 0.05) is 5.69 Å². The van der Waals surface area contributed by atoms with E-state index >= 15 is 0 Å². The SMILES string of the molecule is Cl.O=C(Nc1ccccc1)c1cn(C2CCNCC2)nn1. The van der Waals surface area contributed by atoms with E-state index < -0.39 is 0 Å². The van der Waals surface area contributed by atoms with E-state index in [1.807, 2.05) is 30.3 Å². The maximum Gasteiger partial charge on any atom is 0.277 e. The van der Waals surface area contributed by atoms with Gasteiger partial charge >= 0.3 is 0 Å². The van der Waals surface area contributed by atoms with E-state index in [1.54, 1.807) is 10.9 Å². The van der Waals surface area contributed by atoms with Crippen LogP contribution in [0.15, 0.2) is 36.5 Å². The molecule has 1 aromatic heterocycles. The number of para-hydroxylation sites is 1. The molecule has 2 aromatic rings. The Bertz CT molecular complexity index is 580. The molecule has 21 heavy (non-hydrogen) atoms. The van der Waals surface area contributed by atoms with Gasteiger partial charge in [-0.2, -0.15) is 0 Å². The number of nitrogens with zero attached hydrogens (tertiary/aromatic N) is 3. The topological polar surface area (TPSA) is 71.8 Å². The number of nitrogens with one attached hydrogen (secondary N) is 2. The van der Waals surface area contributed by atoms with Crippen molar-refractivity contribution in [2.45, 2.75) is 18.9 Å². The number of anilines is 1. The Morgan fingerprint density at radius 2 is 1.95 bits per heavy atom. The van der Waals surface area contributed by atoms with Gasteiger partial charge in [-0.05, 0) is 38.1 Å². The largest absolute Gasteiger partial charge is 0.321 e. The standard InChI is InChI=1S/C14H17N5O.ClH/c20-14(16-11-4-2-1-3-5-11)13-10-19(18-17-13)12-6-8-15-9-7-12;/h1-5,10,12,15H,6-9H2,(H,16,20);1H. The molecule has 1 saturated heterocycles. The molecule has 0 spiro atoms. The van der Waals surface area contributed by atoms with E-state index in [9.17, 15) is 4.79 Å². The monoisotopic (exact) mass is 307 g/mol. The second kappa shape index (κ2) is 7.19. The van der Waals surface area contributed by atoms with E-state index in [0.717, 1.165) is 31.6 Å². The van der Waals surface area contributed by atoms with Gasteiger partial charge in [0.05, 0.1) is 12.2 Å². The van der Waals surface area contributed by atoms with E-state index in [0.29, 0.717) is 11.7 Å². The number of carbonyl (C=O) groups is 1. The fourth-order valence-electron chi connectivity index (χ4n) is 2.35. The fourth-order valence-corrected chi connectivity index (χ4v) is 2.35. The van der Waals surface area contributed by atoms with Gasteiger partial charge in [-0.25, -0.2) is 4.68 Å². The first-order chi connectivity index (χ1) is 9.83. The molecule has 1 aliphatic rings. The Labute approximate surface area is 129 Å². The highest BCUT2D eigenvalue weighted by Crippen LogP contribution is 2.17. The maximum absolute atomic E-state index is 12.1. The Balaban J connectivity index is 0.00000161. The molecule has 0 bridgehead atoms. The lowest BCUT2D eigenvalue weighted by Crippen LogP contribution is -2.29. The predicted molar refractivity (Wildman–Crippen MR) is 82.8 cm³/mol. The number of aromatic nitrogens is 3. The number of hydrogen-bond donors (Lipinski definition) is 2. The van der Waals surface area contributed by atoms with Crippen molar-refractivity contribution >= 4 is 24.0 Å². The van der Waals surface area contributed by atoms with Crippen molar-refractivity contribution in [2.24, 2.45) is 0 Å². The average molecular weight is 308 g/mol. The summed E-state index contributed by atoms with van der Waals surface area (Å²) >= 11 is 0. The first-order valence-electron chi connectivity index (χ1n) is 6.82. The average Bonchev–Trinajstić information content (AvgIpc) is 2.99. The van der Waals surface area contributed by atoms with Gasteiger partial charge in [0.15, 0.2) is 5.69 Å². The highest BCUT2D eigenvalue weighted by atomic mass is 35.5. The molecule has 2 N–H and O–H groups in total. The predicted octanol–water partition coefficient (Wildman–Crippen LogP) is 1.88. The highest BCUT2D eigenvalue weighted by Gasteiger charge is 2.18. The lowest BCUT2D eigenvalue weighted by molar-refractivity contribution is 0.102. The highest BCUT2D eigenvalue weighted by molar-refractivity contribution is 6.02. The minimum Gasteiger partial charge on any atom is -0.321 e. The molecule has 3 rings (SSSR count). The van der Waals surface area contributed by atoms with Crippen LogP contribution in [-0.2, 0) is 0 Å². The summed E-state index contributed by atoms with van der Waals surface area (Å²) in [5.41, 5.74) is 1.11. The summed E-state index contributed by atoms with van der Waals surface area (Å²) in [6.45, 7) is 1.96. The summed E-state index contributed by atoms with van der Waals surface area (Å²) in [7, 11) is 0. The van der Waals surface area contributed by atoms with Crippen LogP contribution in [0.25, 0.3) is 0 Å². The van der Waals surface area contributed by atoms with Crippen LogP contribution in [0.5, 0.6) is 0 Å². The molecule has 2 heterocycles. The maximum atomic E-state index is 12.1. The second-order valence-corrected chi connectivity index (χ2v) is 4.89. The number of carbonyl (C=O) groups excluding carboxylic acids is 1. The van der Waals surface area contributed by atoms with Gasteiger partial charge in [-0.3, -0.25) is 4.79 Å². The molecule has 1 fully saturated rings. The van der Waals surface area contributed by atoms with Gasteiger partial charge in [-0.1, -0.05) is 23.4 Å². The van der Waals surface area contributed by atoms with Crippen molar-refractivity contribution in [3.63, 3.8) is 0 Å². The summed E-state index contributed by atoms with van der Waals surface area (Å²) in [6, 6.07) is 9.68. The molecule has 112 valence electrons. The molecule has 0 atom stereocenters. The van der Waals surface area contributed by atoms with Crippen molar-refractivity contribution in [1.82, 2.24) is 20.3 Å². The lowest BCUT2D eigenvalue weighted by atomic mass is 10.1. The summed E-state index contributed by atoms with van der Waals surface area (Å²) in [4.78, 5) is 12.1. The van der Waals surface area contributed by atoms with Crippen molar-refractivity contribution in [3.05, 3.63) is 42.2 Å². The molecular weight excluding hydrogens is 290 g/mol. The molecule has 0 aliphatic carbocycles. The molecule has 6 nitrogen and oxygen atoms in total. The fraction of sp³-hybridized carbons (Fsp3) is 0.357. The van der Waals surface area contributed by atoms with Crippen LogP contribution in [0.1, 0.15) is 29.4 Å². The molecular formula is C14H18ClN5O. The number of benzene rings is 1. The molecule has 0 unspecified atom stereocenters. The lowest BCUT2D eigenvalue weighted by Gasteiger charge is -2.22. The molecule has 1 aliphatic heterocycles. The van der Waals surface area contributed by atoms with Crippen molar-refractivity contribution in [2.75, 3.05) is 18.4 Å². The smallest absolute Gasteiger partial charge is 0.277 e. The molecule has 1 aromatic carbocycles. The van der Waals surface area contributed by atoms with Crippen LogP contribution in [-0.4, -0.2) is 34.0 Å². The molecule has 0 saturated carbocycles. The molecule has 1 amide bonds. The Morgan fingerprint density at radius 1 is 1.24 bits per heavy atom. The van der Waals surface area contributed by atoms with E-state index in [1.165, 1.54) is 0 Å². The minimum absolute atomic E-state index is 0. The number of piperidine rings is 1. The van der Waals surface area contributed by atoms with E-state index in [-0.39, 0.29) is 18.3 Å². The third-order valence-corrected chi connectivity index (χ3v) is 3.46. The van der Waals surface area contributed by atoms with Crippen LogP contribution in [0.4, 0.5) is 5.69 Å². The Morgan fingerprint density at radius 3 is 2.67 bits per heavy atom. The second-order valence-electron chi connectivity index (χ2n) is 4.89. The van der Waals surface area contributed by atoms with Crippen LogP contribution in [0, 0.1) is 0 Å². The third kappa shape index (κ3) is 3.80. The van der Waals surface area contributed by atoms with Crippen molar-refractivity contribution < 1.29 is 4.79 Å². The van der Waals surface area contributed by atoms with Crippen molar-refractivity contribution in [3.8, 4) is 0 Å². The van der Waals surface area contributed by atoms with E-state index in [4.69, 9.17) is 0 Å². The number of amides is 1. The van der Waals surface area contributed by atoms with Crippen LogP contribution < -0.4 is 10.6 Å². The molecule has 0 radical (unpaired) electrons. The number of hydrogen-bond acceptors (Lipinski definition) is 4. The van der Waals surface area contributed by atoms with Gasteiger partial charge in [0.25, 0.3) is 5.91 Å². The summed E-state index contributed by atoms with van der Waals surface area (Å²) in [6.07, 6.45) is 3.76. The Kier molecular flexibility index (Phi) is 5.30. The summed E-state index contributed by atoms with van der Waals surface area (Å²) in [5, 5.41) is 14.2. The summed E-state index contributed by atoms with van der Waals surface area (Å²) in [5.74, 6) is -0.226. The van der Waals surface area contributed by atoms with Crippen LogP contribution in [0.3, 0.4) is 0 Å². The quantitative estimate of drug-likeness (QED) is 0.908. The molecule has 7 heteroatoms. The zero-order chi connectivity index (χ0) is 13.8. The number of halogens is 1. The van der Waals surface area contributed by atoms with E-state index in [2.05, 4.69) is 20.9 Å². The van der Waals surface area contributed by atoms with Crippen molar-refractivity contribution in [1.29, 1.82) is 0 Å². The Hall–Kier alpha value is -1.92. The zero-order valence-electron chi connectivity index (χ0n) is 11.5. The first kappa shape index (κ1) is 15.5. The van der Waals surface area contributed by atoms with Gasteiger partial charge < -0.3 is 10.6 Å². The van der Waals surface area contributed by atoms with Gasteiger partial charge in [-0.15, -0.1) is 17.5 Å². The first-order valence-corrected chi connectivity index (χ1v) is 6.82. The third-order valence-electron chi connectivity index (χ3n) is 3.46. The van der Waals surface area contributed by atoms with Gasteiger partial charge in [0.1, 0.15) is 0 Å². The number of rotatable bonds is 3. The summed E-state index contributed by atoms with van der Waals surface area (Å²) < 4.78 is 1.81. The minimum atomic E-state index is -0.226. The zero-order valence-corrected chi connectivity index (χ0v) is 12.3.